The second kappa shape index (κ2) is 5.67. The maximum absolute atomic E-state index is 5.34. The summed E-state index contributed by atoms with van der Waals surface area (Å²) < 4.78 is 5.20. The standard InChI is InChI=1S/C14H15N3OS/c1-9(16-17-14(15)19)10-3-4-12-8-13(18-2)6-5-11(12)7-10/h3-8H,1-2H3,(H3,15,17,19). The fourth-order valence-corrected chi connectivity index (χ4v) is 1.82. The van der Waals surface area contributed by atoms with Gasteiger partial charge in [-0.3, -0.25) is 5.43 Å². The highest BCUT2D eigenvalue weighted by atomic mass is 32.1. The Bertz CT molecular complexity index is 652. The quantitative estimate of drug-likeness (QED) is 0.512. The van der Waals surface area contributed by atoms with Gasteiger partial charge in [-0.25, -0.2) is 0 Å². The van der Waals surface area contributed by atoms with Crippen molar-refractivity contribution in [2.45, 2.75) is 6.92 Å². The average molecular weight is 273 g/mol. The third kappa shape index (κ3) is 3.20. The molecule has 0 radical (unpaired) electrons. The predicted molar refractivity (Wildman–Crippen MR) is 82.6 cm³/mol. The fraction of sp³-hybridized carbons (Fsp3) is 0.143. The number of nitrogens with two attached hydrogens (primary N) is 1. The van der Waals surface area contributed by atoms with Gasteiger partial charge in [-0.05, 0) is 53.7 Å². The van der Waals surface area contributed by atoms with Crippen LogP contribution >= 0.6 is 12.2 Å². The number of methoxy groups -OCH3 is 1. The number of fused-ring (bicyclic) bond motifs is 1. The van der Waals surface area contributed by atoms with Gasteiger partial charge < -0.3 is 10.5 Å². The van der Waals surface area contributed by atoms with Gasteiger partial charge >= 0.3 is 0 Å². The second-order valence-corrected chi connectivity index (χ2v) is 4.54. The van der Waals surface area contributed by atoms with Gasteiger partial charge in [0.05, 0.1) is 12.8 Å². The van der Waals surface area contributed by atoms with Crippen molar-refractivity contribution in [2.24, 2.45) is 10.8 Å². The Hall–Kier alpha value is -2.14. The SMILES string of the molecule is COc1ccc2cc(C(C)=NNC(N)=S)ccc2c1. The molecule has 0 atom stereocenters. The molecule has 0 aliphatic heterocycles. The van der Waals surface area contributed by atoms with E-state index < -0.39 is 0 Å². The first-order valence-corrected chi connectivity index (χ1v) is 6.19. The first-order chi connectivity index (χ1) is 9.10. The minimum Gasteiger partial charge on any atom is -0.497 e. The molecule has 0 unspecified atom stereocenters. The Kier molecular flexibility index (Phi) is 3.97. The van der Waals surface area contributed by atoms with Gasteiger partial charge in [0.25, 0.3) is 0 Å². The van der Waals surface area contributed by atoms with E-state index in [0.717, 1.165) is 27.8 Å². The fourth-order valence-electron chi connectivity index (χ4n) is 1.78. The van der Waals surface area contributed by atoms with Crippen LogP contribution in [0.4, 0.5) is 0 Å². The van der Waals surface area contributed by atoms with Gasteiger partial charge in [0.2, 0.25) is 0 Å². The largest absolute Gasteiger partial charge is 0.497 e. The number of benzene rings is 2. The van der Waals surface area contributed by atoms with Gasteiger partial charge in [0, 0.05) is 0 Å². The third-order valence-corrected chi connectivity index (χ3v) is 2.89. The van der Waals surface area contributed by atoms with Crippen molar-refractivity contribution in [1.29, 1.82) is 0 Å². The summed E-state index contributed by atoms with van der Waals surface area (Å²) in [4.78, 5) is 0. The molecule has 2 rings (SSSR count). The number of hydrazone groups is 1. The lowest BCUT2D eigenvalue weighted by atomic mass is 10.0. The number of rotatable bonds is 3. The van der Waals surface area contributed by atoms with Crippen molar-refractivity contribution >= 4 is 33.8 Å². The lowest BCUT2D eigenvalue weighted by Gasteiger charge is -2.06. The van der Waals surface area contributed by atoms with Crippen LogP contribution in [0.15, 0.2) is 41.5 Å². The normalized spacial score (nSPS) is 11.4. The number of nitrogens with zero attached hydrogens (tertiary/aromatic N) is 1. The Morgan fingerprint density at radius 1 is 1.21 bits per heavy atom. The summed E-state index contributed by atoms with van der Waals surface area (Å²) in [7, 11) is 1.66. The van der Waals surface area contributed by atoms with Gasteiger partial charge in [0.15, 0.2) is 5.11 Å². The Balaban J connectivity index is 2.36. The van der Waals surface area contributed by atoms with Gasteiger partial charge in [0.1, 0.15) is 5.75 Å². The highest BCUT2D eigenvalue weighted by Gasteiger charge is 2.01. The zero-order chi connectivity index (χ0) is 13.8. The van der Waals surface area contributed by atoms with Crippen LogP contribution in [0.3, 0.4) is 0 Å². The van der Waals surface area contributed by atoms with E-state index in [2.05, 4.69) is 16.6 Å². The van der Waals surface area contributed by atoms with E-state index in [-0.39, 0.29) is 5.11 Å². The molecular weight excluding hydrogens is 258 g/mol. The van der Waals surface area contributed by atoms with Crippen molar-refractivity contribution in [2.75, 3.05) is 7.11 Å². The van der Waals surface area contributed by atoms with Crippen LogP contribution in [-0.4, -0.2) is 17.9 Å². The van der Waals surface area contributed by atoms with E-state index >= 15 is 0 Å². The first kappa shape index (κ1) is 13.3. The van der Waals surface area contributed by atoms with Gasteiger partial charge in [-0.2, -0.15) is 5.10 Å². The molecule has 2 aromatic rings. The molecule has 0 spiro atoms. The molecule has 0 saturated heterocycles. The summed E-state index contributed by atoms with van der Waals surface area (Å²) in [5.74, 6) is 0.848. The monoisotopic (exact) mass is 273 g/mol. The second-order valence-electron chi connectivity index (χ2n) is 4.10. The lowest BCUT2D eigenvalue weighted by molar-refractivity contribution is 0.415. The zero-order valence-corrected chi connectivity index (χ0v) is 11.6. The minimum atomic E-state index is 0.157. The molecule has 2 aromatic carbocycles. The van der Waals surface area contributed by atoms with Crippen LogP contribution in [0.25, 0.3) is 10.8 Å². The molecule has 4 nitrogen and oxygen atoms in total. The highest BCUT2D eigenvalue weighted by molar-refractivity contribution is 7.80. The Labute approximate surface area is 117 Å². The van der Waals surface area contributed by atoms with E-state index in [0.29, 0.717) is 0 Å². The van der Waals surface area contributed by atoms with Crippen LogP contribution in [0, 0.1) is 0 Å². The van der Waals surface area contributed by atoms with Crippen molar-refractivity contribution in [1.82, 2.24) is 5.43 Å². The number of ether oxygens (including phenoxy) is 1. The Morgan fingerprint density at radius 3 is 2.58 bits per heavy atom. The third-order valence-electron chi connectivity index (χ3n) is 2.80. The van der Waals surface area contributed by atoms with Gasteiger partial charge in [-0.1, -0.05) is 18.2 Å². The average Bonchev–Trinajstić information content (AvgIpc) is 2.43. The van der Waals surface area contributed by atoms with E-state index in [1.165, 1.54) is 0 Å². The molecule has 0 aromatic heterocycles. The van der Waals surface area contributed by atoms with Crippen LogP contribution < -0.4 is 15.9 Å². The van der Waals surface area contributed by atoms with Crippen LogP contribution in [0.2, 0.25) is 0 Å². The maximum atomic E-state index is 5.34. The molecule has 98 valence electrons. The topological polar surface area (TPSA) is 59.6 Å². The molecule has 19 heavy (non-hydrogen) atoms. The molecule has 0 amide bonds. The van der Waals surface area contributed by atoms with Crippen molar-refractivity contribution in [3.8, 4) is 5.75 Å². The van der Waals surface area contributed by atoms with E-state index in [1.807, 2.05) is 37.3 Å². The first-order valence-electron chi connectivity index (χ1n) is 5.78. The molecule has 3 N–H and O–H groups in total. The van der Waals surface area contributed by atoms with E-state index in [4.69, 9.17) is 22.7 Å². The van der Waals surface area contributed by atoms with Crippen molar-refractivity contribution < 1.29 is 4.74 Å². The number of nitrogens with one attached hydrogen (secondary N) is 1. The molecule has 0 saturated carbocycles. The zero-order valence-electron chi connectivity index (χ0n) is 10.8. The molecule has 0 bridgehead atoms. The molecule has 0 aliphatic carbocycles. The van der Waals surface area contributed by atoms with Crippen molar-refractivity contribution in [3.05, 3.63) is 42.0 Å². The maximum Gasteiger partial charge on any atom is 0.184 e. The molecule has 0 heterocycles. The number of hydrogen-bond donors (Lipinski definition) is 2. The minimum absolute atomic E-state index is 0.157. The summed E-state index contributed by atoms with van der Waals surface area (Å²) in [6.45, 7) is 1.90. The Morgan fingerprint density at radius 2 is 1.89 bits per heavy atom. The van der Waals surface area contributed by atoms with Crippen LogP contribution in [0.5, 0.6) is 5.75 Å². The summed E-state index contributed by atoms with van der Waals surface area (Å²) >= 11 is 4.71. The molecular formula is C14H15N3OS. The highest BCUT2D eigenvalue weighted by Crippen LogP contribution is 2.22. The van der Waals surface area contributed by atoms with Crippen molar-refractivity contribution in [3.63, 3.8) is 0 Å². The summed E-state index contributed by atoms with van der Waals surface area (Å²) in [6, 6.07) is 12.1. The summed E-state index contributed by atoms with van der Waals surface area (Å²) in [6.07, 6.45) is 0. The smallest absolute Gasteiger partial charge is 0.184 e. The van der Waals surface area contributed by atoms with Crippen LogP contribution in [-0.2, 0) is 0 Å². The molecule has 0 aliphatic rings. The molecule has 5 heteroatoms. The number of thiocarbonyl (C=S) groups is 1. The van der Waals surface area contributed by atoms with Gasteiger partial charge in [-0.15, -0.1) is 0 Å². The van der Waals surface area contributed by atoms with E-state index in [9.17, 15) is 0 Å². The summed E-state index contributed by atoms with van der Waals surface area (Å²) in [5.41, 5.74) is 9.77. The molecule has 0 fully saturated rings. The van der Waals surface area contributed by atoms with Crippen LogP contribution in [0.1, 0.15) is 12.5 Å². The lowest BCUT2D eigenvalue weighted by Crippen LogP contribution is -2.25. The summed E-state index contributed by atoms with van der Waals surface area (Å²) in [5, 5.41) is 6.52. The van der Waals surface area contributed by atoms with E-state index in [1.54, 1.807) is 7.11 Å². The number of hydrogen-bond acceptors (Lipinski definition) is 3. The predicted octanol–water partition coefficient (Wildman–Crippen LogP) is 2.41.